The van der Waals surface area contributed by atoms with Crippen LogP contribution in [0.25, 0.3) is 0 Å². The second-order valence-electron chi connectivity index (χ2n) is 6.65. The van der Waals surface area contributed by atoms with Gasteiger partial charge < -0.3 is 21.1 Å². The molecule has 160 valence electrons. The number of benzene rings is 1. The quantitative estimate of drug-likeness (QED) is 0.226. The molecule has 2 rings (SSSR count). The van der Waals surface area contributed by atoms with Crippen LogP contribution in [0.1, 0.15) is 30.7 Å². The van der Waals surface area contributed by atoms with Gasteiger partial charge in [0, 0.05) is 24.4 Å². The zero-order chi connectivity index (χ0) is 20.6. The highest BCUT2D eigenvalue weighted by molar-refractivity contribution is 14.0. The van der Waals surface area contributed by atoms with E-state index in [4.69, 9.17) is 11.6 Å². The van der Waals surface area contributed by atoms with E-state index in [1.807, 2.05) is 43.5 Å². The number of aliphatic hydroxyl groups is 1. The summed E-state index contributed by atoms with van der Waals surface area (Å²) in [6.07, 6.45) is 0.260. The zero-order valence-corrected chi connectivity index (χ0v) is 20.7. The first-order valence-corrected chi connectivity index (χ1v) is 10.4. The number of hydrogen-bond donors (Lipinski definition) is 4. The molecule has 0 radical (unpaired) electrons. The first-order valence-electron chi connectivity index (χ1n) is 9.16. The molecule has 1 aromatic carbocycles. The Labute approximate surface area is 198 Å². The van der Waals surface area contributed by atoms with Gasteiger partial charge in [0.1, 0.15) is 5.60 Å². The Morgan fingerprint density at radius 1 is 1.31 bits per heavy atom. The minimum atomic E-state index is -1.03. The van der Waals surface area contributed by atoms with Crippen LogP contribution in [0.15, 0.2) is 40.7 Å². The van der Waals surface area contributed by atoms with Crippen molar-refractivity contribution in [2.24, 2.45) is 4.99 Å². The van der Waals surface area contributed by atoms with Gasteiger partial charge in [-0.2, -0.15) is 0 Å². The molecule has 9 heteroatoms. The van der Waals surface area contributed by atoms with Crippen LogP contribution in [0.3, 0.4) is 0 Å². The van der Waals surface area contributed by atoms with Crippen LogP contribution in [0.4, 0.5) is 5.69 Å². The van der Waals surface area contributed by atoms with E-state index in [9.17, 15) is 9.90 Å². The van der Waals surface area contributed by atoms with Crippen LogP contribution < -0.4 is 16.0 Å². The van der Waals surface area contributed by atoms with Crippen molar-refractivity contribution in [1.29, 1.82) is 0 Å². The highest BCUT2D eigenvalue weighted by Crippen LogP contribution is 2.25. The molecule has 1 heterocycles. The highest BCUT2D eigenvalue weighted by atomic mass is 127. The summed E-state index contributed by atoms with van der Waals surface area (Å²) in [4.78, 5) is 17.5. The number of thiophene rings is 1. The van der Waals surface area contributed by atoms with E-state index in [0.29, 0.717) is 29.8 Å². The molecule has 1 atom stereocenters. The van der Waals surface area contributed by atoms with Crippen molar-refractivity contribution in [3.8, 4) is 0 Å². The van der Waals surface area contributed by atoms with Crippen molar-refractivity contribution in [3.05, 3.63) is 51.2 Å². The number of amides is 1. The number of guanidine groups is 1. The summed E-state index contributed by atoms with van der Waals surface area (Å²) in [6.45, 7) is 6.94. The third-order valence-corrected chi connectivity index (χ3v) is 5.42. The molecule has 4 N–H and O–H groups in total. The lowest BCUT2D eigenvalue weighted by Crippen LogP contribution is -2.40. The number of aliphatic imine (C=N–C) groups is 1. The van der Waals surface area contributed by atoms with E-state index < -0.39 is 5.60 Å². The van der Waals surface area contributed by atoms with Crippen LogP contribution in [-0.2, 0) is 10.4 Å². The second-order valence-corrected chi connectivity index (χ2v) is 8.01. The Hall–Kier alpha value is -1.36. The molecule has 6 nitrogen and oxygen atoms in total. The van der Waals surface area contributed by atoms with Crippen molar-refractivity contribution in [2.45, 2.75) is 32.8 Å². The SMILES string of the molecule is CCNC(=NCC(C)(O)c1cccs1)NCCC(=O)Nc1ccc(C)cc1Cl.I. The van der Waals surface area contributed by atoms with Gasteiger partial charge in [-0.25, -0.2) is 4.99 Å². The standard InChI is InChI=1S/C20H27ClN4O2S.HI/c1-4-22-19(24-13-20(3,27)17-6-5-11-28-17)23-10-9-18(26)25-16-8-7-14(2)12-15(16)21;/h5-8,11-12,27H,4,9-10,13H2,1-3H3,(H,25,26)(H2,22,23,24);1H. The summed E-state index contributed by atoms with van der Waals surface area (Å²) >= 11 is 7.64. The summed E-state index contributed by atoms with van der Waals surface area (Å²) in [5.74, 6) is 0.417. The van der Waals surface area contributed by atoms with E-state index in [-0.39, 0.29) is 42.8 Å². The van der Waals surface area contributed by atoms with E-state index in [1.165, 1.54) is 11.3 Å². The molecule has 0 bridgehead atoms. The number of aryl methyl sites for hydroxylation is 1. The summed E-state index contributed by atoms with van der Waals surface area (Å²) in [5.41, 5.74) is 0.607. The normalized spacial score (nSPS) is 13.2. The average molecular weight is 551 g/mol. The predicted octanol–water partition coefficient (Wildman–Crippen LogP) is 4.12. The first kappa shape index (κ1) is 25.7. The van der Waals surface area contributed by atoms with Crippen molar-refractivity contribution < 1.29 is 9.90 Å². The molecule has 0 saturated carbocycles. The molecular weight excluding hydrogens is 523 g/mol. The number of hydrogen-bond acceptors (Lipinski definition) is 4. The number of halogens is 2. The fourth-order valence-electron chi connectivity index (χ4n) is 2.47. The van der Waals surface area contributed by atoms with Crippen LogP contribution >= 0.6 is 46.9 Å². The number of carbonyl (C=O) groups excluding carboxylic acids is 1. The zero-order valence-electron chi connectivity index (χ0n) is 16.8. The van der Waals surface area contributed by atoms with Gasteiger partial charge >= 0.3 is 0 Å². The van der Waals surface area contributed by atoms with Gasteiger partial charge in [0.05, 0.1) is 17.3 Å². The number of anilines is 1. The number of nitrogens with one attached hydrogen (secondary N) is 3. The maximum atomic E-state index is 12.2. The lowest BCUT2D eigenvalue weighted by Gasteiger charge is -2.20. The molecule has 1 amide bonds. The molecule has 0 spiro atoms. The van der Waals surface area contributed by atoms with Crippen LogP contribution in [-0.4, -0.2) is 36.6 Å². The minimum absolute atomic E-state index is 0. The molecule has 2 aromatic rings. The largest absolute Gasteiger partial charge is 0.383 e. The van der Waals surface area contributed by atoms with Gasteiger partial charge in [-0.1, -0.05) is 23.7 Å². The molecular formula is C20H28ClIN4O2S. The van der Waals surface area contributed by atoms with E-state index in [2.05, 4.69) is 20.9 Å². The summed E-state index contributed by atoms with van der Waals surface area (Å²) < 4.78 is 0. The Balaban J connectivity index is 0.00000420. The molecule has 0 aliphatic rings. The Bertz CT molecular complexity index is 813. The average Bonchev–Trinajstić information content (AvgIpc) is 3.18. The summed E-state index contributed by atoms with van der Waals surface area (Å²) in [6, 6.07) is 9.29. The van der Waals surface area contributed by atoms with Gasteiger partial charge in [0.2, 0.25) is 5.91 Å². The second kappa shape index (κ2) is 12.4. The number of rotatable bonds is 8. The molecule has 0 aliphatic heterocycles. The maximum Gasteiger partial charge on any atom is 0.226 e. The van der Waals surface area contributed by atoms with Crippen molar-refractivity contribution in [3.63, 3.8) is 0 Å². The molecule has 29 heavy (non-hydrogen) atoms. The highest BCUT2D eigenvalue weighted by Gasteiger charge is 2.24. The van der Waals surface area contributed by atoms with E-state index in [0.717, 1.165) is 10.4 Å². The van der Waals surface area contributed by atoms with Gasteiger partial charge in [0.15, 0.2) is 5.96 Å². The van der Waals surface area contributed by atoms with Gasteiger partial charge in [-0.3, -0.25) is 4.79 Å². The smallest absolute Gasteiger partial charge is 0.226 e. The summed E-state index contributed by atoms with van der Waals surface area (Å²) in [5, 5.41) is 22.1. The fourth-order valence-corrected chi connectivity index (χ4v) is 3.53. The van der Waals surface area contributed by atoms with Gasteiger partial charge in [-0.15, -0.1) is 35.3 Å². The molecule has 1 unspecified atom stereocenters. The Morgan fingerprint density at radius 3 is 2.69 bits per heavy atom. The number of carbonyl (C=O) groups is 1. The van der Waals surface area contributed by atoms with E-state index >= 15 is 0 Å². The molecule has 0 fully saturated rings. The maximum absolute atomic E-state index is 12.2. The van der Waals surface area contributed by atoms with Crippen molar-refractivity contribution in [2.75, 3.05) is 25.0 Å². The lowest BCUT2D eigenvalue weighted by molar-refractivity contribution is -0.116. The van der Waals surface area contributed by atoms with Crippen LogP contribution in [0.2, 0.25) is 5.02 Å². The Kier molecular flexibility index (Phi) is 10.9. The third-order valence-electron chi connectivity index (χ3n) is 3.98. The minimum Gasteiger partial charge on any atom is -0.383 e. The third kappa shape index (κ3) is 8.49. The monoisotopic (exact) mass is 550 g/mol. The van der Waals surface area contributed by atoms with Gasteiger partial charge in [-0.05, 0) is 49.9 Å². The van der Waals surface area contributed by atoms with Crippen molar-refractivity contribution in [1.82, 2.24) is 10.6 Å². The first-order chi connectivity index (χ1) is 13.3. The van der Waals surface area contributed by atoms with E-state index in [1.54, 1.807) is 13.0 Å². The Morgan fingerprint density at radius 2 is 2.07 bits per heavy atom. The summed E-state index contributed by atoms with van der Waals surface area (Å²) in [7, 11) is 0. The predicted molar refractivity (Wildman–Crippen MR) is 133 cm³/mol. The molecule has 0 aliphatic carbocycles. The van der Waals surface area contributed by atoms with Crippen LogP contribution in [0, 0.1) is 6.92 Å². The van der Waals surface area contributed by atoms with Gasteiger partial charge in [0.25, 0.3) is 0 Å². The molecule has 0 saturated heterocycles. The lowest BCUT2D eigenvalue weighted by atomic mass is 10.1. The topological polar surface area (TPSA) is 85.8 Å². The molecule has 1 aromatic heterocycles. The fraction of sp³-hybridized carbons (Fsp3) is 0.400. The van der Waals surface area contributed by atoms with Crippen LogP contribution in [0.5, 0.6) is 0 Å². The number of nitrogens with zero attached hydrogens (tertiary/aromatic N) is 1. The van der Waals surface area contributed by atoms with Crippen molar-refractivity contribution >= 4 is 64.5 Å².